The molecule has 1 heterocycles. The van der Waals surface area contributed by atoms with Crippen molar-refractivity contribution in [2.75, 3.05) is 0 Å². The van der Waals surface area contributed by atoms with Crippen molar-refractivity contribution in [3.8, 4) is 16.9 Å². The molecule has 0 atom stereocenters. The third-order valence-corrected chi connectivity index (χ3v) is 5.57. The molecule has 0 saturated carbocycles. The maximum absolute atomic E-state index is 13.2. The van der Waals surface area contributed by atoms with Gasteiger partial charge in [0.1, 0.15) is 18.2 Å². The summed E-state index contributed by atoms with van der Waals surface area (Å²) in [6, 6.07) is 13.9. The molecule has 0 bridgehead atoms. The zero-order chi connectivity index (χ0) is 21.0. The van der Waals surface area contributed by atoms with Crippen LogP contribution in [-0.4, -0.2) is 5.78 Å². The summed E-state index contributed by atoms with van der Waals surface area (Å²) < 4.78 is 19.1. The molecule has 1 aromatic heterocycles. The summed E-state index contributed by atoms with van der Waals surface area (Å²) >= 11 is 1.46. The number of carbonyl (C=O) groups excluding carboxylic acids is 1. The molecule has 3 nitrogen and oxygen atoms in total. The lowest BCUT2D eigenvalue weighted by molar-refractivity contribution is -0.111. The number of halogens is 1. The second-order valence-electron chi connectivity index (χ2n) is 6.57. The Bertz CT molecular complexity index is 1080. The molecule has 2 aromatic carbocycles. The van der Waals surface area contributed by atoms with Gasteiger partial charge in [-0.05, 0) is 54.6 Å². The van der Waals surface area contributed by atoms with E-state index in [0.29, 0.717) is 23.6 Å². The van der Waals surface area contributed by atoms with Crippen molar-refractivity contribution in [2.45, 2.75) is 20.5 Å². The molecule has 0 amide bonds. The fraction of sp³-hybridized carbons (Fsp3) is 0.125. The normalized spacial score (nSPS) is 11.3. The zero-order valence-electron chi connectivity index (χ0n) is 16.4. The molecule has 0 unspecified atom stereocenters. The van der Waals surface area contributed by atoms with Crippen molar-refractivity contribution >= 4 is 28.4 Å². The lowest BCUT2D eigenvalue weighted by Gasteiger charge is -2.11. The van der Waals surface area contributed by atoms with E-state index in [4.69, 9.17) is 10.5 Å². The Balaban J connectivity index is 1.84. The highest BCUT2D eigenvalue weighted by molar-refractivity contribution is 7.12. The largest absolute Gasteiger partial charge is 0.489 e. The molecular weight excluding hydrogens is 385 g/mol. The highest BCUT2D eigenvalue weighted by Crippen LogP contribution is 2.34. The minimum Gasteiger partial charge on any atom is -0.489 e. The van der Waals surface area contributed by atoms with Crippen molar-refractivity contribution in [1.29, 1.82) is 0 Å². The van der Waals surface area contributed by atoms with Gasteiger partial charge in [0.05, 0.1) is 0 Å². The van der Waals surface area contributed by atoms with Crippen LogP contribution in [0.3, 0.4) is 0 Å². The minimum atomic E-state index is -0.269. The van der Waals surface area contributed by atoms with E-state index >= 15 is 0 Å². The Kier molecular flexibility index (Phi) is 6.29. The van der Waals surface area contributed by atoms with Gasteiger partial charge in [-0.3, -0.25) is 4.79 Å². The number of ether oxygens (including phenoxy) is 1. The van der Waals surface area contributed by atoms with Gasteiger partial charge in [0, 0.05) is 27.3 Å². The topological polar surface area (TPSA) is 52.3 Å². The van der Waals surface area contributed by atoms with Crippen molar-refractivity contribution in [2.24, 2.45) is 5.73 Å². The van der Waals surface area contributed by atoms with Gasteiger partial charge in [0.15, 0.2) is 5.78 Å². The molecule has 0 fully saturated rings. The van der Waals surface area contributed by atoms with Gasteiger partial charge >= 0.3 is 0 Å². The van der Waals surface area contributed by atoms with Crippen LogP contribution in [0.15, 0.2) is 66.6 Å². The van der Waals surface area contributed by atoms with Crippen LogP contribution in [0, 0.1) is 5.82 Å². The molecule has 0 aliphatic heterocycles. The first-order valence-electron chi connectivity index (χ1n) is 9.12. The van der Waals surface area contributed by atoms with Crippen LogP contribution in [0.4, 0.5) is 4.39 Å². The predicted octanol–water partition coefficient (Wildman–Crippen LogP) is 6.05. The Morgan fingerprint density at radius 1 is 1.21 bits per heavy atom. The first-order chi connectivity index (χ1) is 13.9. The van der Waals surface area contributed by atoms with E-state index in [9.17, 15) is 9.18 Å². The molecule has 2 N–H and O–H groups in total. The molecule has 3 rings (SSSR count). The lowest BCUT2D eigenvalue weighted by atomic mass is 10.0. The van der Waals surface area contributed by atoms with E-state index in [2.05, 4.69) is 6.58 Å². The number of rotatable bonds is 7. The predicted molar refractivity (Wildman–Crippen MR) is 118 cm³/mol. The van der Waals surface area contributed by atoms with Crippen LogP contribution in [0.2, 0.25) is 0 Å². The Morgan fingerprint density at radius 3 is 2.55 bits per heavy atom. The smallest absolute Gasteiger partial charge is 0.160 e. The number of Topliss-reactive ketones (excluding diaryl/α,β-unsaturated/α-hetero) is 1. The van der Waals surface area contributed by atoms with Gasteiger partial charge in [0.25, 0.3) is 0 Å². The van der Waals surface area contributed by atoms with Crippen LogP contribution in [0.25, 0.3) is 22.4 Å². The SMILES string of the molecule is C=C(N)c1c(COc2cccc(-c3ccc(F)cc3)c2)csc1/C(=C\C)C(C)=O. The van der Waals surface area contributed by atoms with Crippen LogP contribution in [-0.2, 0) is 11.4 Å². The number of benzene rings is 2. The fourth-order valence-corrected chi connectivity index (χ4v) is 4.33. The number of hydrogen-bond acceptors (Lipinski definition) is 4. The molecule has 29 heavy (non-hydrogen) atoms. The number of ketones is 1. The Labute approximate surface area is 174 Å². The summed E-state index contributed by atoms with van der Waals surface area (Å²) in [5, 5.41) is 1.94. The number of thiophene rings is 1. The summed E-state index contributed by atoms with van der Waals surface area (Å²) in [4.78, 5) is 12.8. The van der Waals surface area contributed by atoms with Crippen LogP contribution in [0.5, 0.6) is 5.75 Å². The van der Waals surface area contributed by atoms with Gasteiger partial charge in [-0.1, -0.05) is 36.9 Å². The van der Waals surface area contributed by atoms with Gasteiger partial charge in [-0.25, -0.2) is 4.39 Å². The summed E-state index contributed by atoms with van der Waals surface area (Å²) in [6.07, 6.45) is 1.79. The summed E-state index contributed by atoms with van der Waals surface area (Å²) in [5.74, 6) is 0.400. The van der Waals surface area contributed by atoms with E-state index in [1.807, 2.05) is 36.6 Å². The second-order valence-corrected chi connectivity index (χ2v) is 7.45. The lowest BCUT2D eigenvalue weighted by Crippen LogP contribution is -2.05. The quantitative estimate of drug-likeness (QED) is 0.485. The van der Waals surface area contributed by atoms with Crippen LogP contribution >= 0.6 is 11.3 Å². The average molecular weight is 408 g/mol. The van der Waals surface area contributed by atoms with Crippen molar-refractivity contribution in [3.05, 3.63) is 88.4 Å². The summed E-state index contributed by atoms with van der Waals surface area (Å²) in [6.45, 7) is 7.53. The second kappa shape index (κ2) is 8.88. The number of nitrogens with two attached hydrogens (primary N) is 1. The van der Waals surface area contributed by atoms with Gasteiger partial charge in [0.2, 0.25) is 0 Å². The van der Waals surface area contributed by atoms with E-state index in [1.165, 1.54) is 30.4 Å². The molecular formula is C24H22FNO2S. The maximum atomic E-state index is 13.2. The third kappa shape index (κ3) is 4.63. The van der Waals surface area contributed by atoms with Gasteiger partial charge in [-0.2, -0.15) is 0 Å². The molecule has 3 aromatic rings. The Morgan fingerprint density at radius 2 is 1.93 bits per heavy atom. The average Bonchev–Trinajstić information content (AvgIpc) is 3.11. The molecule has 148 valence electrons. The summed E-state index contributed by atoms with van der Waals surface area (Å²) in [7, 11) is 0. The third-order valence-electron chi connectivity index (χ3n) is 4.51. The molecule has 5 heteroatoms. The van der Waals surface area contributed by atoms with Crippen LogP contribution in [0.1, 0.15) is 29.9 Å². The molecule has 0 aliphatic rings. The van der Waals surface area contributed by atoms with Gasteiger partial charge in [-0.15, -0.1) is 11.3 Å². The maximum Gasteiger partial charge on any atom is 0.160 e. The Hall–Kier alpha value is -3.18. The first kappa shape index (κ1) is 20.6. The minimum absolute atomic E-state index is 0.0173. The number of hydrogen-bond donors (Lipinski definition) is 1. The standard InChI is InChI=1S/C24H22FNO2S/c1-4-22(16(3)27)24-23(15(2)26)19(14-29-24)13-28-21-7-5-6-18(12-21)17-8-10-20(25)11-9-17/h4-12,14H,2,13,26H2,1,3H3/b22-4-. The van der Waals surface area contributed by atoms with Gasteiger partial charge < -0.3 is 10.5 Å². The first-order valence-corrected chi connectivity index (χ1v) is 10.00. The van der Waals surface area contributed by atoms with E-state index in [-0.39, 0.29) is 11.6 Å². The molecule has 0 spiro atoms. The van der Waals surface area contributed by atoms with Crippen molar-refractivity contribution in [1.82, 2.24) is 0 Å². The zero-order valence-corrected chi connectivity index (χ0v) is 17.2. The molecule has 0 radical (unpaired) electrons. The van der Waals surface area contributed by atoms with E-state index < -0.39 is 0 Å². The molecule has 0 saturated heterocycles. The van der Waals surface area contributed by atoms with Crippen molar-refractivity contribution in [3.63, 3.8) is 0 Å². The van der Waals surface area contributed by atoms with E-state index in [1.54, 1.807) is 18.2 Å². The highest BCUT2D eigenvalue weighted by atomic mass is 32.1. The van der Waals surface area contributed by atoms with E-state index in [0.717, 1.165) is 27.1 Å². The highest BCUT2D eigenvalue weighted by Gasteiger charge is 2.19. The number of allylic oxidation sites excluding steroid dienone is 2. The fourth-order valence-electron chi connectivity index (χ4n) is 3.11. The monoisotopic (exact) mass is 407 g/mol. The summed E-state index contributed by atoms with van der Waals surface area (Å²) in [5.41, 5.74) is 10.5. The molecule has 0 aliphatic carbocycles. The number of carbonyl (C=O) groups is 1. The van der Waals surface area contributed by atoms with Crippen LogP contribution < -0.4 is 10.5 Å². The van der Waals surface area contributed by atoms with Crippen molar-refractivity contribution < 1.29 is 13.9 Å².